The van der Waals surface area contributed by atoms with Gasteiger partial charge in [-0.05, 0) is 24.3 Å². The van der Waals surface area contributed by atoms with Gasteiger partial charge in [-0.2, -0.15) is 0 Å². The Hall–Kier alpha value is -2.81. The van der Waals surface area contributed by atoms with Crippen LogP contribution in [0.2, 0.25) is 0 Å². The van der Waals surface area contributed by atoms with Gasteiger partial charge in [0.25, 0.3) is 0 Å². The lowest BCUT2D eigenvalue weighted by Crippen LogP contribution is -1.93. The summed E-state index contributed by atoms with van der Waals surface area (Å²) in [5.74, 6) is 0.764. The Labute approximate surface area is 114 Å². The molecule has 0 saturated heterocycles. The van der Waals surface area contributed by atoms with Crippen LogP contribution < -0.4 is 5.63 Å². The minimum atomic E-state index is -0.354. The van der Waals surface area contributed by atoms with Gasteiger partial charge in [0.2, 0.25) is 0 Å². The van der Waals surface area contributed by atoms with E-state index in [-0.39, 0.29) is 5.63 Å². The summed E-state index contributed by atoms with van der Waals surface area (Å²) in [5, 5.41) is 1.71. The average Bonchev–Trinajstić information content (AvgIpc) is 2.93. The summed E-state index contributed by atoms with van der Waals surface area (Å²) < 4.78 is 11.1. The highest BCUT2D eigenvalue weighted by atomic mass is 16.4. The van der Waals surface area contributed by atoms with E-state index in [0.717, 1.165) is 22.1 Å². The molecule has 0 N–H and O–H groups in total. The first-order valence-electron chi connectivity index (χ1n) is 6.33. The van der Waals surface area contributed by atoms with Crippen molar-refractivity contribution in [2.45, 2.75) is 0 Å². The third-order valence-corrected chi connectivity index (χ3v) is 3.34. The molecule has 2 aromatic heterocycles. The van der Waals surface area contributed by atoms with Crippen LogP contribution in [0.25, 0.3) is 33.3 Å². The van der Waals surface area contributed by atoms with Crippen LogP contribution in [0, 0.1) is 0 Å². The van der Waals surface area contributed by atoms with Crippen LogP contribution in [0.4, 0.5) is 0 Å². The maximum absolute atomic E-state index is 11.4. The molecular formula is C17H10O3. The summed E-state index contributed by atoms with van der Waals surface area (Å²) in [7, 11) is 0. The smallest absolute Gasteiger partial charge is 0.336 e. The van der Waals surface area contributed by atoms with Crippen molar-refractivity contribution < 1.29 is 8.83 Å². The molecule has 4 aromatic rings. The second-order valence-corrected chi connectivity index (χ2v) is 4.63. The van der Waals surface area contributed by atoms with Crippen molar-refractivity contribution in [3.63, 3.8) is 0 Å². The van der Waals surface area contributed by atoms with Crippen LogP contribution in [0.1, 0.15) is 0 Å². The van der Waals surface area contributed by atoms with E-state index in [1.807, 2.05) is 48.5 Å². The molecule has 0 saturated carbocycles. The zero-order valence-corrected chi connectivity index (χ0v) is 10.5. The van der Waals surface area contributed by atoms with Crippen molar-refractivity contribution in [2.24, 2.45) is 0 Å². The third kappa shape index (κ3) is 1.64. The summed E-state index contributed by atoms with van der Waals surface area (Å²) in [4.78, 5) is 11.4. The van der Waals surface area contributed by atoms with Crippen molar-refractivity contribution in [2.75, 3.05) is 0 Å². The van der Waals surface area contributed by atoms with Crippen LogP contribution in [0.15, 0.2) is 74.3 Å². The van der Waals surface area contributed by atoms with E-state index >= 15 is 0 Å². The highest BCUT2D eigenvalue weighted by Crippen LogP contribution is 2.32. The van der Waals surface area contributed by atoms with Crippen molar-refractivity contribution >= 4 is 21.9 Å². The molecule has 0 radical (unpaired) electrons. The van der Waals surface area contributed by atoms with Crippen LogP contribution in [0.5, 0.6) is 0 Å². The predicted molar refractivity (Wildman–Crippen MR) is 77.7 cm³/mol. The van der Waals surface area contributed by atoms with Crippen molar-refractivity contribution in [1.82, 2.24) is 0 Å². The molecule has 20 heavy (non-hydrogen) atoms. The second-order valence-electron chi connectivity index (χ2n) is 4.63. The zero-order chi connectivity index (χ0) is 13.5. The third-order valence-electron chi connectivity index (χ3n) is 3.34. The fourth-order valence-electron chi connectivity index (χ4n) is 2.39. The van der Waals surface area contributed by atoms with Crippen LogP contribution in [-0.4, -0.2) is 0 Å². The topological polar surface area (TPSA) is 43.4 Å². The first-order valence-corrected chi connectivity index (χ1v) is 6.33. The lowest BCUT2D eigenvalue weighted by atomic mass is 10.1. The van der Waals surface area contributed by atoms with Gasteiger partial charge in [0.1, 0.15) is 16.9 Å². The van der Waals surface area contributed by atoms with E-state index in [9.17, 15) is 4.79 Å². The maximum atomic E-state index is 11.4. The Kier molecular flexibility index (Phi) is 2.27. The number of rotatable bonds is 1. The van der Waals surface area contributed by atoms with Crippen LogP contribution in [0.3, 0.4) is 0 Å². The molecule has 0 aliphatic carbocycles. The van der Waals surface area contributed by atoms with Gasteiger partial charge in [-0.1, -0.05) is 30.3 Å². The molecule has 0 unspecified atom stereocenters. The highest BCUT2D eigenvalue weighted by molar-refractivity contribution is 6.03. The SMILES string of the molecule is O=c1ccc2ccc3oc(-c4ccccc4)cc3c2o1. The first kappa shape index (κ1) is 11.1. The number of hydrogen-bond donors (Lipinski definition) is 0. The van der Waals surface area contributed by atoms with Crippen LogP contribution in [-0.2, 0) is 0 Å². The Balaban J connectivity index is 2.06. The Morgan fingerprint density at radius 1 is 0.800 bits per heavy atom. The Morgan fingerprint density at radius 3 is 2.45 bits per heavy atom. The number of hydrogen-bond acceptors (Lipinski definition) is 3. The van der Waals surface area contributed by atoms with Crippen LogP contribution >= 0.6 is 0 Å². The fraction of sp³-hybridized carbons (Fsp3) is 0. The molecule has 3 nitrogen and oxygen atoms in total. The van der Waals surface area contributed by atoms with Gasteiger partial charge in [-0.3, -0.25) is 0 Å². The predicted octanol–water partition coefficient (Wildman–Crippen LogP) is 4.21. The largest absolute Gasteiger partial charge is 0.456 e. The fourth-order valence-corrected chi connectivity index (χ4v) is 2.39. The molecule has 2 heterocycles. The van der Waals surface area contributed by atoms with E-state index in [4.69, 9.17) is 8.83 Å². The van der Waals surface area contributed by atoms with Gasteiger partial charge in [0.05, 0.1) is 5.39 Å². The highest BCUT2D eigenvalue weighted by Gasteiger charge is 2.10. The molecule has 0 bridgehead atoms. The van der Waals surface area contributed by atoms with E-state index in [0.29, 0.717) is 11.2 Å². The summed E-state index contributed by atoms with van der Waals surface area (Å²) >= 11 is 0. The van der Waals surface area contributed by atoms with Crippen molar-refractivity contribution in [3.8, 4) is 11.3 Å². The first-order chi connectivity index (χ1) is 9.81. The molecule has 0 aliphatic heterocycles. The summed E-state index contributed by atoms with van der Waals surface area (Å²) in [5.41, 5.74) is 1.93. The molecule has 0 atom stereocenters. The molecule has 0 fully saturated rings. The number of benzene rings is 2. The van der Waals surface area contributed by atoms with Gasteiger partial charge in [-0.25, -0.2) is 4.79 Å². The summed E-state index contributed by atoms with van der Waals surface area (Å²) in [6.45, 7) is 0. The van der Waals surface area contributed by atoms with Gasteiger partial charge < -0.3 is 8.83 Å². The average molecular weight is 262 g/mol. The molecule has 0 aliphatic rings. The molecular weight excluding hydrogens is 252 g/mol. The molecule has 2 aromatic carbocycles. The van der Waals surface area contributed by atoms with Crippen molar-refractivity contribution in [3.05, 3.63) is 71.1 Å². The standard InChI is InChI=1S/C17H10O3/c18-16-9-7-12-6-8-14-13(17(12)20-16)10-15(19-14)11-4-2-1-3-5-11/h1-10H. The normalized spacial score (nSPS) is 11.2. The molecule has 4 rings (SSSR count). The van der Waals surface area contributed by atoms with Gasteiger partial charge in [-0.15, -0.1) is 0 Å². The van der Waals surface area contributed by atoms with Gasteiger partial charge in [0.15, 0.2) is 0 Å². The minimum Gasteiger partial charge on any atom is -0.456 e. The quantitative estimate of drug-likeness (QED) is 0.483. The lowest BCUT2D eigenvalue weighted by Gasteiger charge is -1.95. The van der Waals surface area contributed by atoms with E-state index in [1.165, 1.54) is 6.07 Å². The van der Waals surface area contributed by atoms with Gasteiger partial charge >= 0.3 is 5.63 Å². The molecule has 96 valence electrons. The molecule has 3 heteroatoms. The summed E-state index contributed by atoms with van der Waals surface area (Å²) in [6, 6.07) is 18.7. The monoisotopic (exact) mass is 262 g/mol. The zero-order valence-electron chi connectivity index (χ0n) is 10.5. The van der Waals surface area contributed by atoms with E-state index < -0.39 is 0 Å². The maximum Gasteiger partial charge on any atom is 0.336 e. The number of furan rings is 1. The lowest BCUT2D eigenvalue weighted by molar-refractivity contribution is 0.563. The minimum absolute atomic E-state index is 0.354. The number of fused-ring (bicyclic) bond motifs is 3. The Bertz CT molecular complexity index is 962. The molecule has 0 amide bonds. The van der Waals surface area contributed by atoms with E-state index in [2.05, 4.69) is 0 Å². The van der Waals surface area contributed by atoms with Gasteiger partial charge in [0, 0.05) is 17.0 Å². The Morgan fingerprint density at radius 2 is 1.60 bits per heavy atom. The summed E-state index contributed by atoms with van der Waals surface area (Å²) in [6.07, 6.45) is 0. The molecule has 0 spiro atoms. The van der Waals surface area contributed by atoms with E-state index in [1.54, 1.807) is 6.07 Å². The second kappa shape index (κ2) is 4.10. The van der Waals surface area contributed by atoms with Crippen molar-refractivity contribution in [1.29, 1.82) is 0 Å².